The second-order valence-electron chi connectivity index (χ2n) is 5.42. The fraction of sp³-hybridized carbons (Fsp3) is 0.800. The molecule has 110 valence electrons. The van der Waals surface area contributed by atoms with E-state index in [2.05, 4.69) is 35.5 Å². The third-order valence-electron chi connectivity index (χ3n) is 3.28. The largest absolute Gasteiger partial charge is 0.317 e. The van der Waals surface area contributed by atoms with Crippen LogP contribution in [0.25, 0.3) is 0 Å². The van der Waals surface area contributed by atoms with Gasteiger partial charge in [-0.15, -0.1) is 0 Å². The van der Waals surface area contributed by atoms with E-state index in [0.29, 0.717) is 0 Å². The van der Waals surface area contributed by atoms with Crippen molar-refractivity contribution in [2.75, 3.05) is 26.7 Å². The summed E-state index contributed by atoms with van der Waals surface area (Å²) in [5, 5.41) is 7.65. The van der Waals surface area contributed by atoms with Crippen LogP contribution < -0.4 is 5.32 Å². The summed E-state index contributed by atoms with van der Waals surface area (Å²) < 4.78 is 1.87. The van der Waals surface area contributed by atoms with Gasteiger partial charge in [-0.3, -0.25) is 4.68 Å². The number of hydrogen-bond acceptors (Lipinski definition) is 3. The van der Waals surface area contributed by atoms with Crippen molar-refractivity contribution in [3.05, 3.63) is 18.0 Å². The van der Waals surface area contributed by atoms with Gasteiger partial charge in [-0.1, -0.05) is 19.8 Å². The zero-order valence-corrected chi connectivity index (χ0v) is 12.9. The summed E-state index contributed by atoms with van der Waals surface area (Å²) in [7, 11) is 4.16. The third-order valence-corrected chi connectivity index (χ3v) is 3.28. The van der Waals surface area contributed by atoms with Gasteiger partial charge >= 0.3 is 0 Å². The van der Waals surface area contributed by atoms with Crippen molar-refractivity contribution in [3.63, 3.8) is 0 Å². The van der Waals surface area contributed by atoms with Crippen molar-refractivity contribution in [1.82, 2.24) is 20.0 Å². The van der Waals surface area contributed by atoms with Gasteiger partial charge in [0.25, 0.3) is 0 Å². The second kappa shape index (κ2) is 9.98. The highest BCUT2D eigenvalue weighted by atomic mass is 15.2. The maximum atomic E-state index is 4.20. The SMILES string of the molecule is CCCNCCCCCCN(C)Cc1cnn(C)c1. The van der Waals surface area contributed by atoms with E-state index in [1.165, 1.54) is 50.8 Å². The molecular weight excluding hydrogens is 236 g/mol. The summed E-state index contributed by atoms with van der Waals surface area (Å²) in [5.74, 6) is 0. The molecule has 1 heterocycles. The molecule has 1 rings (SSSR count). The molecule has 0 aliphatic heterocycles. The Morgan fingerprint density at radius 1 is 1.21 bits per heavy atom. The Bertz CT molecular complexity index is 322. The van der Waals surface area contributed by atoms with Gasteiger partial charge in [0.2, 0.25) is 0 Å². The molecule has 1 N–H and O–H groups in total. The number of hydrogen-bond donors (Lipinski definition) is 1. The van der Waals surface area contributed by atoms with Crippen LogP contribution in [-0.4, -0.2) is 41.4 Å². The summed E-state index contributed by atoms with van der Waals surface area (Å²) in [4.78, 5) is 2.38. The zero-order valence-electron chi connectivity index (χ0n) is 12.9. The fourth-order valence-electron chi connectivity index (χ4n) is 2.23. The minimum Gasteiger partial charge on any atom is -0.317 e. The first-order chi connectivity index (χ1) is 9.22. The van der Waals surface area contributed by atoms with Crippen molar-refractivity contribution in [1.29, 1.82) is 0 Å². The highest BCUT2D eigenvalue weighted by Gasteiger charge is 2.01. The van der Waals surface area contributed by atoms with Gasteiger partial charge in [-0.05, 0) is 45.9 Å². The van der Waals surface area contributed by atoms with E-state index in [1.54, 1.807) is 0 Å². The maximum Gasteiger partial charge on any atom is 0.0534 e. The Balaban J connectivity index is 1.94. The summed E-state index contributed by atoms with van der Waals surface area (Å²) >= 11 is 0. The van der Waals surface area contributed by atoms with Crippen LogP contribution in [0.4, 0.5) is 0 Å². The molecule has 0 bridgehead atoms. The van der Waals surface area contributed by atoms with Crippen molar-refractivity contribution in [2.45, 2.75) is 45.6 Å². The van der Waals surface area contributed by atoms with Gasteiger partial charge in [0.05, 0.1) is 6.20 Å². The monoisotopic (exact) mass is 266 g/mol. The number of nitrogens with one attached hydrogen (secondary N) is 1. The van der Waals surface area contributed by atoms with Crippen LogP contribution in [0.1, 0.15) is 44.6 Å². The zero-order chi connectivity index (χ0) is 13.9. The van der Waals surface area contributed by atoms with Crippen molar-refractivity contribution < 1.29 is 0 Å². The highest BCUT2D eigenvalue weighted by molar-refractivity contribution is 5.02. The first-order valence-corrected chi connectivity index (χ1v) is 7.59. The molecule has 4 heteroatoms. The summed E-state index contributed by atoms with van der Waals surface area (Å²) in [6.45, 7) is 6.74. The number of nitrogens with zero attached hydrogens (tertiary/aromatic N) is 3. The minimum absolute atomic E-state index is 1.01. The van der Waals surface area contributed by atoms with Crippen LogP contribution in [-0.2, 0) is 13.6 Å². The van der Waals surface area contributed by atoms with Crippen LogP contribution in [0.2, 0.25) is 0 Å². The molecule has 0 amide bonds. The van der Waals surface area contributed by atoms with Crippen LogP contribution in [0.15, 0.2) is 12.4 Å². The molecule has 1 aromatic heterocycles. The lowest BCUT2D eigenvalue weighted by molar-refractivity contribution is 0.316. The van der Waals surface area contributed by atoms with Crippen LogP contribution >= 0.6 is 0 Å². The standard InChI is InChI=1S/C15H30N4/c1-4-9-16-10-7-5-6-8-11-18(2)13-15-12-17-19(3)14-15/h12,14,16H,4-11,13H2,1-3H3. The number of rotatable bonds is 11. The number of aryl methyl sites for hydroxylation is 1. The number of aromatic nitrogens is 2. The van der Waals surface area contributed by atoms with E-state index < -0.39 is 0 Å². The molecule has 0 aromatic carbocycles. The second-order valence-corrected chi connectivity index (χ2v) is 5.42. The van der Waals surface area contributed by atoms with Crippen molar-refractivity contribution in [2.24, 2.45) is 7.05 Å². The van der Waals surface area contributed by atoms with Gasteiger partial charge in [-0.25, -0.2) is 0 Å². The Kier molecular flexibility index (Phi) is 8.50. The lowest BCUT2D eigenvalue weighted by Gasteiger charge is -2.15. The van der Waals surface area contributed by atoms with E-state index in [0.717, 1.165) is 13.1 Å². The molecular formula is C15H30N4. The number of unbranched alkanes of at least 4 members (excludes halogenated alkanes) is 3. The maximum absolute atomic E-state index is 4.20. The molecule has 0 fully saturated rings. The molecule has 0 saturated heterocycles. The predicted molar refractivity (Wildman–Crippen MR) is 81.2 cm³/mol. The Hall–Kier alpha value is -0.870. The molecule has 0 atom stereocenters. The first kappa shape index (κ1) is 16.2. The molecule has 0 spiro atoms. The van der Waals surface area contributed by atoms with Crippen molar-refractivity contribution >= 4 is 0 Å². The molecule has 4 nitrogen and oxygen atoms in total. The fourth-order valence-corrected chi connectivity index (χ4v) is 2.23. The first-order valence-electron chi connectivity index (χ1n) is 7.59. The molecule has 0 aliphatic rings. The van der Waals surface area contributed by atoms with Gasteiger partial charge in [-0.2, -0.15) is 5.10 Å². The molecule has 0 aliphatic carbocycles. The normalized spacial score (nSPS) is 11.4. The molecule has 0 unspecified atom stereocenters. The molecule has 0 saturated carbocycles. The highest BCUT2D eigenvalue weighted by Crippen LogP contribution is 2.04. The van der Waals surface area contributed by atoms with Gasteiger partial charge in [0.1, 0.15) is 0 Å². The summed E-state index contributed by atoms with van der Waals surface area (Å²) in [6, 6.07) is 0. The minimum atomic E-state index is 1.01. The summed E-state index contributed by atoms with van der Waals surface area (Å²) in [6.07, 6.45) is 10.6. The average molecular weight is 266 g/mol. The van der Waals surface area contributed by atoms with Crippen LogP contribution in [0.3, 0.4) is 0 Å². The van der Waals surface area contributed by atoms with Gasteiger partial charge in [0.15, 0.2) is 0 Å². The van der Waals surface area contributed by atoms with E-state index in [9.17, 15) is 0 Å². The third kappa shape index (κ3) is 8.01. The predicted octanol–water partition coefficient (Wildman–Crippen LogP) is 2.41. The lowest BCUT2D eigenvalue weighted by Crippen LogP contribution is -2.19. The Morgan fingerprint density at radius 2 is 2.00 bits per heavy atom. The van der Waals surface area contributed by atoms with Crippen LogP contribution in [0, 0.1) is 0 Å². The molecule has 0 radical (unpaired) electrons. The van der Waals surface area contributed by atoms with Crippen LogP contribution in [0.5, 0.6) is 0 Å². The quantitative estimate of drug-likeness (QED) is 0.624. The molecule has 1 aromatic rings. The lowest BCUT2D eigenvalue weighted by atomic mass is 10.2. The van der Waals surface area contributed by atoms with Crippen molar-refractivity contribution in [3.8, 4) is 0 Å². The van der Waals surface area contributed by atoms with Gasteiger partial charge < -0.3 is 10.2 Å². The topological polar surface area (TPSA) is 33.1 Å². The van der Waals surface area contributed by atoms with E-state index >= 15 is 0 Å². The summed E-state index contributed by atoms with van der Waals surface area (Å²) in [5.41, 5.74) is 1.30. The Labute approximate surface area is 118 Å². The smallest absolute Gasteiger partial charge is 0.0534 e. The van der Waals surface area contributed by atoms with Gasteiger partial charge in [0, 0.05) is 25.4 Å². The Morgan fingerprint density at radius 3 is 2.68 bits per heavy atom. The van der Waals surface area contributed by atoms with E-state index in [-0.39, 0.29) is 0 Å². The van der Waals surface area contributed by atoms with E-state index in [4.69, 9.17) is 0 Å². The van der Waals surface area contributed by atoms with E-state index in [1.807, 2.05) is 17.9 Å². The molecule has 19 heavy (non-hydrogen) atoms. The average Bonchev–Trinajstić information content (AvgIpc) is 2.78.